The molecule has 0 heterocycles. The molecule has 0 radical (unpaired) electrons. The summed E-state index contributed by atoms with van der Waals surface area (Å²) < 4.78 is 0. The lowest BCUT2D eigenvalue weighted by molar-refractivity contribution is 1.80. The normalized spacial score (nSPS) is 6.25. The highest BCUT2D eigenvalue weighted by Crippen LogP contribution is 1.67. The molecule has 0 bridgehead atoms. The van der Waals surface area contributed by atoms with E-state index in [4.69, 9.17) is 11.6 Å². The van der Waals surface area contributed by atoms with Crippen molar-refractivity contribution in [3.8, 4) is 0 Å². The minimum Gasteiger partial charge on any atom is -0.122 e. The average Bonchev–Trinajstić information content (AvgIpc) is 1.37. The van der Waals surface area contributed by atoms with Gasteiger partial charge in [-0.25, -0.2) is 0 Å². The van der Waals surface area contributed by atoms with Crippen LogP contribution in [0.2, 0.25) is 0 Å². The molecule has 0 amide bonds. The average molecular weight is 77.5 g/mol. The van der Waals surface area contributed by atoms with Crippen molar-refractivity contribution < 1.29 is 0 Å². The van der Waals surface area contributed by atoms with Crippen LogP contribution in [0.25, 0.3) is 0 Å². The van der Waals surface area contributed by atoms with E-state index in [1.165, 1.54) is 0 Å². The Kier molecular flexibility index (Phi) is 3.05. The monoisotopic (exact) mass is 77.0 g/mol. The van der Waals surface area contributed by atoms with Crippen molar-refractivity contribution in [2.24, 2.45) is 0 Å². The molecule has 0 aromatic carbocycles. The van der Waals surface area contributed by atoms with Crippen molar-refractivity contribution in [1.29, 1.82) is 0 Å². The van der Waals surface area contributed by atoms with Crippen molar-refractivity contribution in [3.63, 3.8) is 0 Å². The smallest absolute Gasteiger partial charge is 0.0401 e. The number of rotatable bonds is 1. The molecule has 0 aliphatic carbocycles. The minimum atomic E-state index is 0.556. The zero-order valence-electron chi connectivity index (χ0n) is 2.37. The van der Waals surface area contributed by atoms with Crippen LogP contribution in [0, 0.1) is 0 Å². The Hall–Kier alpha value is 0.0300. The number of hydrogen-bond donors (Lipinski definition) is 0. The molecule has 0 unspecified atom stereocenters. The van der Waals surface area contributed by atoms with Crippen LogP contribution in [0.1, 0.15) is 0 Å². The molecular formula is C3H5Cl. The van der Waals surface area contributed by atoms with Crippen molar-refractivity contribution in [1.82, 2.24) is 0 Å². The van der Waals surface area contributed by atoms with E-state index >= 15 is 0 Å². The second-order valence-electron chi connectivity index (χ2n) is 0.443. The highest BCUT2D eigenvalue weighted by atomic mass is 35.5. The van der Waals surface area contributed by atoms with Crippen LogP contribution < -0.4 is 0 Å². The lowest BCUT2D eigenvalue weighted by Gasteiger charge is -1.55. The van der Waals surface area contributed by atoms with E-state index in [0.717, 1.165) is 0 Å². The summed E-state index contributed by atoms with van der Waals surface area (Å²) in [4.78, 5) is 0. The molecule has 0 rings (SSSR count). The number of alkyl halides is 1. The Balaban J connectivity index is 2.30. The molecule has 24 valence electrons. The van der Waals surface area contributed by atoms with Gasteiger partial charge < -0.3 is 0 Å². The highest BCUT2D eigenvalue weighted by Gasteiger charge is 1.48. The SMILES string of the molecule is C=C[13CH2]Cl. The van der Waals surface area contributed by atoms with Crippen LogP contribution in [0.3, 0.4) is 0 Å². The molecule has 0 N–H and O–H groups in total. The van der Waals surface area contributed by atoms with E-state index in [1.807, 2.05) is 0 Å². The Bertz CT molecular complexity index is 17.2. The first-order chi connectivity index (χ1) is 1.91. The second-order valence-corrected chi connectivity index (χ2v) is 0.752. The standard InChI is InChI=1S/C3H5Cl/c1-2-3-4/h2H,1,3H2/i3+1. The summed E-state index contributed by atoms with van der Waals surface area (Å²) in [6.45, 7) is 3.35. The van der Waals surface area contributed by atoms with Gasteiger partial charge in [0.1, 0.15) is 0 Å². The summed E-state index contributed by atoms with van der Waals surface area (Å²) in [5.74, 6) is 0.556. The molecular weight excluding hydrogens is 72.5 g/mol. The van der Waals surface area contributed by atoms with E-state index in [1.54, 1.807) is 6.08 Å². The molecule has 0 aromatic rings. The van der Waals surface area contributed by atoms with Crippen molar-refractivity contribution in [3.05, 3.63) is 12.7 Å². The summed E-state index contributed by atoms with van der Waals surface area (Å²) in [5.41, 5.74) is 0. The van der Waals surface area contributed by atoms with Gasteiger partial charge in [-0.2, -0.15) is 0 Å². The minimum absolute atomic E-state index is 0.556. The Morgan fingerprint density at radius 1 is 2.00 bits per heavy atom. The summed E-state index contributed by atoms with van der Waals surface area (Å²) >= 11 is 5.07. The van der Waals surface area contributed by atoms with Crippen LogP contribution in [0.15, 0.2) is 12.7 Å². The van der Waals surface area contributed by atoms with Crippen molar-refractivity contribution >= 4 is 11.6 Å². The van der Waals surface area contributed by atoms with Gasteiger partial charge in [0.05, 0.1) is 0 Å². The Labute approximate surface area is 31.1 Å². The van der Waals surface area contributed by atoms with E-state index in [9.17, 15) is 0 Å². The van der Waals surface area contributed by atoms with Crippen LogP contribution in [0.4, 0.5) is 0 Å². The van der Waals surface area contributed by atoms with Crippen molar-refractivity contribution in [2.75, 3.05) is 5.88 Å². The first-order valence-electron chi connectivity index (χ1n) is 1.08. The molecule has 0 fully saturated rings. The number of hydrogen-bond acceptors (Lipinski definition) is 0. The van der Waals surface area contributed by atoms with Gasteiger partial charge in [-0.1, -0.05) is 6.08 Å². The zero-order valence-corrected chi connectivity index (χ0v) is 3.13. The maximum Gasteiger partial charge on any atom is 0.0401 e. The first kappa shape index (κ1) is 4.03. The molecule has 1 heteroatoms. The van der Waals surface area contributed by atoms with E-state index < -0.39 is 0 Å². The fraction of sp³-hybridized carbons (Fsp3) is 0.333. The largest absolute Gasteiger partial charge is 0.122 e. The van der Waals surface area contributed by atoms with Gasteiger partial charge in [-0.15, -0.1) is 18.2 Å². The third kappa shape index (κ3) is 2.03. The summed E-state index contributed by atoms with van der Waals surface area (Å²) in [6.07, 6.45) is 1.64. The van der Waals surface area contributed by atoms with E-state index in [0.29, 0.717) is 5.88 Å². The maximum atomic E-state index is 5.07. The summed E-state index contributed by atoms with van der Waals surface area (Å²) in [5, 5.41) is 0. The lowest BCUT2D eigenvalue weighted by Crippen LogP contribution is -1.45. The maximum absolute atomic E-state index is 5.07. The van der Waals surface area contributed by atoms with Gasteiger partial charge in [0.25, 0.3) is 0 Å². The fourth-order valence-corrected chi connectivity index (χ4v) is 0. The Morgan fingerprint density at radius 3 is 2.25 bits per heavy atom. The van der Waals surface area contributed by atoms with Crippen molar-refractivity contribution in [2.45, 2.75) is 0 Å². The van der Waals surface area contributed by atoms with Crippen LogP contribution >= 0.6 is 11.6 Å². The van der Waals surface area contributed by atoms with Crippen LogP contribution in [-0.2, 0) is 0 Å². The molecule has 4 heavy (non-hydrogen) atoms. The second kappa shape index (κ2) is 3.03. The predicted molar refractivity (Wildman–Crippen MR) is 20.9 cm³/mol. The van der Waals surface area contributed by atoms with Gasteiger partial charge >= 0.3 is 0 Å². The number of halogens is 1. The molecule has 0 atom stereocenters. The van der Waals surface area contributed by atoms with E-state index in [2.05, 4.69) is 6.58 Å². The lowest BCUT2D eigenvalue weighted by atomic mass is 11.0. The molecule has 0 aromatic heterocycles. The summed E-state index contributed by atoms with van der Waals surface area (Å²) in [6, 6.07) is 0. The van der Waals surface area contributed by atoms with Crippen LogP contribution in [-0.4, -0.2) is 5.88 Å². The van der Waals surface area contributed by atoms with Gasteiger partial charge in [-0.3, -0.25) is 0 Å². The summed E-state index contributed by atoms with van der Waals surface area (Å²) in [7, 11) is 0. The molecule has 0 saturated heterocycles. The molecule has 0 aliphatic rings. The molecule has 0 spiro atoms. The third-order valence-corrected chi connectivity index (χ3v) is 0.327. The van der Waals surface area contributed by atoms with Gasteiger partial charge in [0.2, 0.25) is 0 Å². The third-order valence-electron chi connectivity index (χ3n) is 0.109. The first-order valence-corrected chi connectivity index (χ1v) is 1.62. The number of allylic oxidation sites excluding steroid dienone is 1. The van der Waals surface area contributed by atoms with Gasteiger partial charge in [0, 0.05) is 5.88 Å². The predicted octanol–water partition coefficient (Wildman–Crippen LogP) is 1.41. The zero-order chi connectivity index (χ0) is 3.41. The Morgan fingerprint density at radius 2 is 2.25 bits per heavy atom. The molecule has 0 saturated carbocycles. The van der Waals surface area contributed by atoms with E-state index in [-0.39, 0.29) is 0 Å². The quantitative estimate of drug-likeness (QED) is 0.252. The fourth-order valence-electron chi connectivity index (χ4n) is 0. The highest BCUT2D eigenvalue weighted by molar-refractivity contribution is 6.18. The van der Waals surface area contributed by atoms with Crippen LogP contribution in [0.5, 0.6) is 0 Å². The van der Waals surface area contributed by atoms with Gasteiger partial charge in [0.15, 0.2) is 0 Å². The molecule has 0 aliphatic heterocycles. The topological polar surface area (TPSA) is 0 Å². The molecule has 0 nitrogen and oxygen atoms in total. The van der Waals surface area contributed by atoms with Gasteiger partial charge in [-0.05, 0) is 0 Å².